The molecule has 0 bridgehead atoms. The predicted molar refractivity (Wildman–Crippen MR) is 90.2 cm³/mol. The van der Waals surface area contributed by atoms with Gasteiger partial charge in [0, 0.05) is 30.1 Å². The first-order valence-electron chi connectivity index (χ1n) is 7.46. The van der Waals surface area contributed by atoms with Crippen molar-refractivity contribution in [2.45, 2.75) is 18.8 Å². The summed E-state index contributed by atoms with van der Waals surface area (Å²) in [5.41, 5.74) is 2.17. The molecule has 0 amide bonds. The molecule has 1 aliphatic rings. The fraction of sp³-hybridized carbons (Fsp3) is 0.471. The Balaban J connectivity index is 2.00. The van der Waals surface area contributed by atoms with Gasteiger partial charge in [-0.2, -0.15) is 0 Å². The molecule has 0 spiro atoms. The highest BCUT2D eigenvalue weighted by Gasteiger charge is 2.32. The highest BCUT2D eigenvalue weighted by atomic mass is 35.5. The molecule has 1 aromatic heterocycles. The number of fused-ring (bicyclic) bond motifs is 1. The first kappa shape index (κ1) is 14.6. The van der Waals surface area contributed by atoms with Crippen LogP contribution in [0.4, 0.5) is 5.82 Å². The quantitative estimate of drug-likeness (QED) is 0.811. The van der Waals surface area contributed by atoms with Gasteiger partial charge in [0.25, 0.3) is 0 Å². The van der Waals surface area contributed by atoms with Gasteiger partial charge in [0.1, 0.15) is 5.82 Å². The van der Waals surface area contributed by atoms with Crippen LogP contribution in [0.25, 0.3) is 10.9 Å². The maximum absolute atomic E-state index is 6.17. The second kappa shape index (κ2) is 5.82. The lowest BCUT2D eigenvalue weighted by atomic mass is 10.1. The van der Waals surface area contributed by atoms with Gasteiger partial charge >= 0.3 is 0 Å². The van der Waals surface area contributed by atoms with Crippen LogP contribution in [0.2, 0.25) is 0 Å². The van der Waals surface area contributed by atoms with E-state index in [9.17, 15) is 0 Å². The third-order valence-corrected chi connectivity index (χ3v) is 4.75. The summed E-state index contributed by atoms with van der Waals surface area (Å²) in [6.07, 6.45) is 0. The molecule has 0 saturated carbocycles. The van der Waals surface area contributed by atoms with E-state index in [1.54, 1.807) is 0 Å². The van der Waals surface area contributed by atoms with Crippen LogP contribution in [0.1, 0.15) is 12.5 Å². The first-order valence-corrected chi connectivity index (χ1v) is 7.99. The molecular formula is C17H22ClN3. The van der Waals surface area contributed by atoms with Crippen LogP contribution in [-0.4, -0.2) is 43.1 Å². The Bertz CT molecular complexity index is 641. The van der Waals surface area contributed by atoms with E-state index in [1.807, 2.05) is 12.1 Å². The molecule has 1 saturated heterocycles. The molecule has 21 heavy (non-hydrogen) atoms. The van der Waals surface area contributed by atoms with E-state index < -0.39 is 0 Å². The van der Waals surface area contributed by atoms with Crippen molar-refractivity contribution in [1.82, 2.24) is 9.88 Å². The number of nitrogens with zero attached hydrogens (tertiary/aromatic N) is 3. The minimum Gasteiger partial charge on any atom is -0.354 e. The zero-order valence-corrected chi connectivity index (χ0v) is 13.6. The third-order valence-electron chi connectivity index (χ3n) is 4.46. The van der Waals surface area contributed by atoms with Gasteiger partial charge in [-0.25, -0.2) is 4.98 Å². The maximum Gasteiger partial charge on any atom is 0.133 e. The van der Waals surface area contributed by atoms with Crippen LogP contribution in [0.5, 0.6) is 0 Å². The number of hydrogen-bond donors (Lipinski definition) is 0. The molecule has 1 aliphatic heterocycles. The highest BCUT2D eigenvalue weighted by Crippen LogP contribution is 2.30. The molecule has 1 fully saturated rings. The standard InChI is InChI=1S/C17H22ClN3/c1-12-10-21(11-16(12)20(2)3)17-14(9-18)8-13-6-4-5-7-15(13)19-17/h4-8,12,16H,9-11H2,1-3H3. The number of pyridine rings is 1. The number of halogens is 1. The maximum atomic E-state index is 6.17. The summed E-state index contributed by atoms with van der Waals surface area (Å²) in [5.74, 6) is 2.20. The van der Waals surface area contributed by atoms with Crippen LogP contribution in [0.15, 0.2) is 30.3 Å². The Morgan fingerprint density at radius 2 is 2.05 bits per heavy atom. The summed E-state index contributed by atoms with van der Waals surface area (Å²) in [4.78, 5) is 9.58. The molecule has 2 atom stereocenters. The lowest BCUT2D eigenvalue weighted by Gasteiger charge is -2.23. The van der Waals surface area contributed by atoms with Gasteiger partial charge in [0.15, 0.2) is 0 Å². The highest BCUT2D eigenvalue weighted by molar-refractivity contribution is 6.17. The molecule has 3 rings (SSSR count). The van der Waals surface area contributed by atoms with Gasteiger partial charge in [-0.1, -0.05) is 25.1 Å². The zero-order valence-electron chi connectivity index (χ0n) is 12.9. The molecule has 2 heterocycles. The Hall–Kier alpha value is -1.32. The molecule has 3 nitrogen and oxygen atoms in total. The SMILES string of the molecule is CC1CN(c2nc3ccccc3cc2CCl)CC1N(C)C. The van der Waals surface area contributed by atoms with Crippen molar-refractivity contribution in [3.8, 4) is 0 Å². The van der Waals surface area contributed by atoms with Crippen molar-refractivity contribution in [1.29, 1.82) is 0 Å². The number of likely N-dealkylation sites (N-methyl/N-ethyl adjacent to an activating group) is 1. The number of aromatic nitrogens is 1. The number of hydrogen-bond acceptors (Lipinski definition) is 3. The lowest BCUT2D eigenvalue weighted by Crippen LogP contribution is -2.34. The molecule has 2 aromatic rings. The van der Waals surface area contributed by atoms with Crippen molar-refractivity contribution in [2.24, 2.45) is 5.92 Å². The van der Waals surface area contributed by atoms with Crippen LogP contribution in [-0.2, 0) is 5.88 Å². The van der Waals surface area contributed by atoms with Gasteiger partial charge in [-0.05, 0) is 32.1 Å². The largest absolute Gasteiger partial charge is 0.354 e. The van der Waals surface area contributed by atoms with E-state index in [4.69, 9.17) is 16.6 Å². The normalized spacial score (nSPS) is 22.4. The summed E-state index contributed by atoms with van der Waals surface area (Å²) in [6.45, 7) is 4.37. The van der Waals surface area contributed by atoms with E-state index in [0.717, 1.165) is 35.4 Å². The molecule has 4 heteroatoms. The Kier molecular flexibility index (Phi) is 4.05. The van der Waals surface area contributed by atoms with Crippen molar-refractivity contribution in [3.05, 3.63) is 35.9 Å². The zero-order chi connectivity index (χ0) is 15.0. The summed E-state index contributed by atoms with van der Waals surface area (Å²) in [7, 11) is 4.31. The Morgan fingerprint density at radius 1 is 1.29 bits per heavy atom. The summed E-state index contributed by atoms with van der Waals surface area (Å²) < 4.78 is 0. The third kappa shape index (κ3) is 2.72. The van der Waals surface area contributed by atoms with Crippen LogP contribution in [0, 0.1) is 5.92 Å². The number of anilines is 1. The lowest BCUT2D eigenvalue weighted by molar-refractivity contribution is 0.266. The van der Waals surface area contributed by atoms with Crippen molar-refractivity contribution in [3.63, 3.8) is 0 Å². The smallest absolute Gasteiger partial charge is 0.133 e. The first-order chi connectivity index (χ1) is 10.1. The summed E-state index contributed by atoms with van der Waals surface area (Å²) in [5, 5.41) is 1.16. The number of alkyl halides is 1. The average molecular weight is 304 g/mol. The molecule has 0 aliphatic carbocycles. The Labute approximate surface area is 131 Å². The van der Waals surface area contributed by atoms with Crippen LogP contribution >= 0.6 is 11.6 Å². The topological polar surface area (TPSA) is 19.4 Å². The minimum atomic E-state index is 0.505. The second-order valence-corrected chi connectivity index (χ2v) is 6.48. The number of benzene rings is 1. The van der Waals surface area contributed by atoms with Gasteiger partial charge < -0.3 is 9.80 Å². The van der Waals surface area contributed by atoms with Gasteiger partial charge in [0.05, 0.1) is 11.4 Å². The van der Waals surface area contributed by atoms with E-state index >= 15 is 0 Å². The number of rotatable bonds is 3. The molecule has 1 aromatic carbocycles. The van der Waals surface area contributed by atoms with Gasteiger partial charge in [0.2, 0.25) is 0 Å². The molecule has 0 N–H and O–H groups in total. The predicted octanol–water partition coefficient (Wildman–Crippen LogP) is 3.36. The Morgan fingerprint density at radius 3 is 2.71 bits per heavy atom. The van der Waals surface area contributed by atoms with Crippen molar-refractivity contribution < 1.29 is 0 Å². The fourth-order valence-corrected chi connectivity index (χ4v) is 3.51. The summed E-state index contributed by atoms with van der Waals surface area (Å²) >= 11 is 6.17. The molecular weight excluding hydrogens is 282 g/mol. The van der Waals surface area contributed by atoms with E-state index in [-0.39, 0.29) is 0 Å². The van der Waals surface area contributed by atoms with Gasteiger partial charge in [-0.15, -0.1) is 11.6 Å². The van der Waals surface area contributed by atoms with Crippen LogP contribution in [0.3, 0.4) is 0 Å². The average Bonchev–Trinajstić information content (AvgIpc) is 2.88. The van der Waals surface area contributed by atoms with Gasteiger partial charge in [-0.3, -0.25) is 0 Å². The molecule has 0 radical (unpaired) electrons. The van der Waals surface area contributed by atoms with E-state index in [0.29, 0.717) is 17.8 Å². The van der Waals surface area contributed by atoms with Crippen molar-refractivity contribution in [2.75, 3.05) is 32.1 Å². The molecule has 2 unspecified atom stereocenters. The minimum absolute atomic E-state index is 0.505. The summed E-state index contributed by atoms with van der Waals surface area (Å²) in [6, 6.07) is 11.0. The number of para-hydroxylation sites is 1. The fourth-order valence-electron chi connectivity index (χ4n) is 3.32. The second-order valence-electron chi connectivity index (χ2n) is 6.21. The van der Waals surface area contributed by atoms with Crippen molar-refractivity contribution >= 4 is 28.3 Å². The van der Waals surface area contributed by atoms with Crippen LogP contribution < -0.4 is 4.90 Å². The molecule has 112 valence electrons. The van der Waals surface area contributed by atoms with E-state index in [1.165, 1.54) is 0 Å². The monoisotopic (exact) mass is 303 g/mol. The van der Waals surface area contributed by atoms with E-state index in [2.05, 4.69) is 49.0 Å².